The Bertz CT molecular complexity index is 1150. The molecule has 2 fully saturated rings. The number of furan rings is 1. The van der Waals surface area contributed by atoms with Gasteiger partial charge in [0.2, 0.25) is 15.9 Å². The fourth-order valence-corrected chi connectivity index (χ4v) is 6.73. The first-order chi connectivity index (χ1) is 15.7. The van der Waals surface area contributed by atoms with Crippen LogP contribution in [0.4, 0.5) is 0 Å². The standard InChI is InChI=1S/C24H33N3O5S/c1-16-12-17(2)15-27(14-16)33(30,31)19-7-8-21-20(13-19)18(3)23(32-21)24(29)25-9-5-11-26-10-4-6-22(26)28/h7-8,13,16-17H,4-6,9-12,14-15H2,1-3H3,(H,25,29). The van der Waals surface area contributed by atoms with Crippen LogP contribution >= 0.6 is 0 Å². The van der Waals surface area contributed by atoms with E-state index in [-0.39, 0.29) is 22.5 Å². The number of hydrogen-bond acceptors (Lipinski definition) is 5. The number of benzene rings is 1. The molecule has 4 rings (SSSR count). The highest BCUT2D eigenvalue weighted by atomic mass is 32.2. The Hall–Kier alpha value is -2.39. The Morgan fingerprint density at radius 2 is 1.94 bits per heavy atom. The van der Waals surface area contributed by atoms with E-state index in [0.29, 0.717) is 67.4 Å². The first-order valence-electron chi connectivity index (χ1n) is 11.8. The van der Waals surface area contributed by atoms with Crippen LogP contribution in [0.2, 0.25) is 0 Å². The van der Waals surface area contributed by atoms with E-state index in [0.717, 1.165) is 19.4 Å². The van der Waals surface area contributed by atoms with E-state index in [1.54, 1.807) is 29.4 Å². The summed E-state index contributed by atoms with van der Waals surface area (Å²) in [7, 11) is -3.62. The van der Waals surface area contributed by atoms with Gasteiger partial charge >= 0.3 is 0 Å². The second-order valence-electron chi connectivity index (χ2n) is 9.58. The van der Waals surface area contributed by atoms with Crippen LogP contribution in [0.15, 0.2) is 27.5 Å². The second-order valence-corrected chi connectivity index (χ2v) is 11.5. The smallest absolute Gasteiger partial charge is 0.287 e. The summed E-state index contributed by atoms with van der Waals surface area (Å²) in [5.74, 6) is 0.675. The molecule has 0 bridgehead atoms. The maximum Gasteiger partial charge on any atom is 0.287 e. The Kier molecular flexibility index (Phi) is 6.81. The predicted octanol–water partition coefficient (Wildman–Crippen LogP) is 3.15. The lowest BCUT2D eigenvalue weighted by atomic mass is 9.94. The van der Waals surface area contributed by atoms with Gasteiger partial charge in [-0.3, -0.25) is 9.59 Å². The van der Waals surface area contributed by atoms with Gasteiger partial charge in [-0.2, -0.15) is 4.31 Å². The summed E-state index contributed by atoms with van der Waals surface area (Å²) in [6.07, 6.45) is 3.21. The van der Waals surface area contributed by atoms with E-state index in [1.165, 1.54) is 0 Å². The minimum Gasteiger partial charge on any atom is -0.451 e. The summed E-state index contributed by atoms with van der Waals surface area (Å²) in [4.78, 5) is 26.4. The van der Waals surface area contributed by atoms with Crippen molar-refractivity contribution in [2.24, 2.45) is 11.8 Å². The van der Waals surface area contributed by atoms with Crippen LogP contribution in [0.1, 0.15) is 55.6 Å². The number of nitrogens with zero attached hydrogens (tertiary/aromatic N) is 2. The molecule has 0 radical (unpaired) electrons. The Morgan fingerprint density at radius 3 is 2.61 bits per heavy atom. The summed E-state index contributed by atoms with van der Waals surface area (Å²) in [5.41, 5.74) is 1.11. The lowest BCUT2D eigenvalue weighted by Crippen LogP contribution is -2.42. The number of carbonyl (C=O) groups excluding carboxylic acids is 2. The zero-order valence-electron chi connectivity index (χ0n) is 19.6. The Labute approximate surface area is 195 Å². The highest BCUT2D eigenvalue weighted by Gasteiger charge is 2.32. The molecular weight excluding hydrogens is 442 g/mol. The Morgan fingerprint density at radius 1 is 1.21 bits per heavy atom. The zero-order chi connectivity index (χ0) is 23.8. The lowest BCUT2D eigenvalue weighted by Gasteiger charge is -2.34. The van der Waals surface area contributed by atoms with Crippen molar-refractivity contribution in [3.8, 4) is 0 Å². The average molecular weight is 476 g/mol. The third-order valence-corrected chi connectivity index (χ3v) is 8.48. The number of sulfonamides is 1. The summed E-state index contributed by atoms with van der Waals surface area (Å²) in [5, 5.41) is 3.48. The molecule has 180 valence electrons. The molecular formula is C24H33N3O5S. The van der Waals surface area contributed by atoms with Crippen molar-refractivity contribution in [1.82, 2.24) is 14.5 Å². The molecule has 2 saturated heterocycles. The number of piperidine rings is 1. The number of carbonyl (C=O) groups is 2. The van der Waals surface area contributed by atoms with Crippen molar-refractivity contribution >= 4 is 32.8 Å². The van der Waals surface area contributed by atoms with Crippen molar-refractivity contribution in [2.45, 2.75) is 51.3 Å². The average Bonchev–Trinajstić information content (AvgIpc) is 3.33. The van der Waals surface area contributed by atoms with Gasteiger partial charge < -0.3 is 14.6 Å². The molecule has 2 unspecified atom stereocenters. The third kappa shape index (κ3) is 4.94. The molecule has 2 aliphatic rings. The quantitative estimate of drug-likeness (QED) is 0.620. The molecule has 1 aromatic heterocycles. The van der Waals surface area contributed by atoms with Crippen LogP contribution < -0.4 is 5.32 Å². The maximum absolute atomic E-state index is 13.3. The molecule has 2 aromatic rings. The van der Waals surface area contributed by atoms with Gasteiger partial charge in [0.15, 0.2) is 5.76 Å². The van der Waals surface area contributed by atoms with Crippen molar-refractivity contribution in [3.63, 3.8) is 0 Å². The number of fused-ring (bicyclic) bond motifs is 1. The van der Waals surface area contributed by atoms with Crippen LogP contribution in [0, 0.1) is 18.8 Å². The van der Waals surface area contributed by atoms with Crippen molar-refractivity contribution in [2.75, 3.05) is 32.7 Å². The summed E-state index contributed by atoms with van der Waals surface area (Å²) < 4.78 is 33.9. The molecule has 33 heavy (non-hydrogen) atoms. The summed E-state index contributed by atoms with van der Waals surface area (Å²) >= 11 is 0. The van der Waals surface area contributed by atoms with Gasteiger partial charge in [-0.25, -0.2) is 8.42 Å². The van der Waals surface area contributed by atoms with Crippen molar-refractivity contribution in [3.05, 3.63) is 29.5 Å². The van der Waals surface area contributed by atoms with Crippen LogP contribution in [-0.4, -0.2) is 62.2 Å². The first-order valence-corrected chi connectivity index (χ1v) is 13.2. The fraction of sp³-hybridized carbons (Fsp3) is 0.583. The van der Waals surface area contributed by atoms with Gasteiger partial charge in [-0.1, -0.05) is 13.8 Å². The minimum atomic E-state index is -3.62. The van der Waals surface area contributed by atoms with E-state index in [1.807, 2.05) is 4.90 Å². The lowest BCUT2D eigenvalue weighted by molar-refractivity contribution is -0.127. The topological polar surface area (TPSA) is 99.9 Å². The molecule has 1 aromatic carbocycles. The SMILES string of the molecule is Cc1c(C(=O)NCCCN2CCCC2=O)oc2ccc(S(=O)(=O)N3CC(C)CC(C)C3)cc12. The molecule has 2 aliphatic heterocycles. The molecule has 1 N–H and O–H groups in total. The summed E-state index contributed by atoms with van der Waals surface area (Å²) in [6.45, 7) is 8.82. The van der Waals surface area contributed by atoms with Crippen molar-refractivity contribution < 1.29 is 22.4 Å². The number of likely N-dealkylation sites (tertiary alicyclic amines) is 1. The van der Waals surface area contributed by atoms with Gasteiger partial charge in [0.1, 0.15) is 5.58 Å². The van der Waals surface area contributed by atoms with Crippen molar-refractivity contribution in [1.29, 1.82) is 0 Å². The zero-order valence-corrected chi connectivity index (χ0v) is 20.4. The molecule has 0 spiro atoms. The van der Waals surface area contributed by atoms with Crippen LogP contribution in [0.25, 0.3) is 11.0 Å². The fourth-order valence-electron chi connectivity index (χ4n) is 5.02. The second kappa shape index (κ2) is 9.46. The predicted molar refractivity (Wildman–Crippen MR) is 125 cm³/mol. The monoisotopic (exact) mass is 475 g/mol. The molecule has 2 amide bonds. The molecule has 3 heterocycles. The van der Waals surface area contributed by atoms with Crippen LogP contribution in [0.3, 0.4) is 0 Å². The van der Waals surface area contributed by atoms with Gasteiger partial charge in [-0.15, -0.1) is 0 Å². The number of rotatable bonds is 7. The van der Waals surface area contributed by atoms with Crippen LogP contribution in [-0.2, 0) is 14.8 Å². The largest absolute Gasteiger partial charge is 0.451 e. The van der Waals surface area contributed by atoms with E-state index in [9.17, 15) is 18.0 Å². The van der Waals surface area contributed by atoms with E-state index >= 15 is 0 Å². The maximum atomic E-state index is 13.3. The van der Waals surface area contributed by atoms with E-state index in [4.69, 9.17) is 4.42 Å². The van der Waals surface area contributed by atoms with Gasteiger partial charge in [0, 0.05) is 50.1 Å². The number of aryl methyl sites for hydroxylation is 1. The highest BCUT2D eigenvalue weighted by Crippen LogP contribution is 2.31. The number of hydrogen-bond donors (Lipinski definition) is 1. The molecule has 0 saturated carbocycles. The number of amides is 2. The van der Waals surface area contributed by atoms with E-state index < -0.39 is 10.0 Å². The summed E-state index contributed by atoms with van der Waals surface area (Å²) in [6, 6.07) is 4.80. The van der Waals surface area contributed by atoms with Crippen LogP contribution in [0.5, 0.6) is 0 Å². The van der Waals surface area contributed by atoms with Gasteiger partial charge in [0.25, 0.3) is 5.91 Å². The molecule has 9 heteroatoms. The van der Waals surface area contributed by atoms with E-state index in [2.05, 4.69) is 19.2 Å². The highest BCUT2D eigenvalue weighted by molar-refractivity contribution is 7.89. The van der Waals surface area contributed by atoms with Gasteiger partial charge in [0.05, 0.1) is 4.90 Å². The normalized spacial score (nSPS) is 22.3. The number of nitrogens with one attached hydrogen (secondary N) is 1. The Balaban J connectivity index is 1.46. The third-order valence-electron chi connectivity index (χ3n) is 6.65. The molecule has 0 aliphatic carbocycles. The minimum absolute atomic E-state index is 0.175. The molecule has 8 nitrogen and oxygen atoms in total. The van der Waals surface area contributed by atoms with Gasteiger partial charge in [-0.05, 0) is 56.2 Å². The first kappa shape index (κ1) is 23.8. The molecule has 2 atom stereocenters.